The van der Waals surface area contributed by atoms with Gasteiger partial charge in [0.25, 0.3) is 0 Å². The molecule has 0 nitrogen and oxygen atoms in total. The molecule has 0 saturated heterocycles. The molecule has 2 rings (SSSR count). The lowest BCUT2D eigenvalue weighted by molar-refractivity contribution is 0.795. The molecular weight excluding hydrogens is 168 g/mol. The van der Waals surface area contributed by atoms with Gasteiger partial charge in [0.15, 0.2) is 0 Å². The van der Waals surface area contributed by atoms with E-state index in [9.17, 15) is 0 Å². The molecule has 0 heteroatoms. The number of fused-ring (bicyclic) bond motifs is 1. The Morgan fingerprint density at radius 3 is 2.79 bits per heavy atom. The van der Waals surface area contributed by atoms with Crippen LogP contribution in [0.1, 0.15) is 25.3 Å². The Labute approximate surface area is 85.6 Å². The van der Waals surface area contributed by atoms with Crippen molar-refractivity contribution in [2.75, 3.05) is 0 Å². The summed E-state index contributed by atoms with van der Waals surface area (Å²) >= 11 is 0. The lowest BCUT2D eigenvalue weighted by Gasteiger charge is -2.01. The number of benzene rings is 2. The number of hydrogen-bond acceptors (Lipinski definition) is 0. The minimum atomic E-state index is 1.15. The molecule has 0 aromatic heterocycles. The van der Waals surface area contributed by atoms with Crippen molar-refractivity contribution in [2.45, 2.75) is 26.2 Å². The Hall–Kier alpha value is -1.30. The maximum atomic E-state index is 3.46. The fraction of sp³-hybridized carbons (Fsp3) is 0.286. The molecule has 0 atom stereocenters. The molecule has 2 aromatic carbocycles. The van der Waals surface area contributed by atoms with Gasteiger partial charge in [-0.25, -0.2) is 0 Å². The van der Waals surface area contributed by atoms with Crippen molar-refractivity contribution in [3.63, 3.8) is 0 Å². The van der Waals surface area contributed by atoms with Crippen LogP contribution in [0.2, 0.25) is 0 Å². The van der Waals surface area contributed by atoms with Crippen LogP contribution < -0.4 is 0 Å². The van der Waals surface area contributed by atoms with E-state index in [0.717, 1.165) is 6.42 Å². The van der Waals surface area contributed by atoms with E-state index < -0.39 is 0 Å². The van der Waals surface area contributed by atoms with Gasteiger partial charge in [0.2, 0.25) is 0 Å². The average molecular weight is 183 g/mol. The monoisotopic (exact) mass is 183 g/mol. The summed E-state index contributed by atoms with van der Waals surface area (Å²) in [6, 6.07) is 16.3. The van der Waals surface area contributed by atoms with Gasteiger partial charge in [-0.1, -0.05) is 49.7 Å². The molecule has 0 amide bonds. The normalized spacial score (nSPS) is 10.6. The van der Waals surface area contributed by atoms with Crippen molar-refractivity contribution in [1.29, 1.82) is 0 Å². The fourth-order valence-corrected chi connectivity index (χ4v) is 1.67. The molecule has 14 heavy (non-hydrogen) atoms. The number of hydrogen-bond donors (Lipinski definition) is 0. The van der Waals surface area contributed by atoms with Crippen LogP contribution in [0.5, 0.6) is 0 Å². The predicted octanol–water partition coefficient (Wildman–Crippen LogP) is 3.98. The number of aryl methyl sites for hydroxylation is 1. The third kappa shape index (κ3) is 1.95. The van der Waals surface area contributed by atoms with Gasteiger partial charge in [-0.2, -0.15) is 0 Å². The molecule has 0 saturated carbocycles. The average Bonchev–Trinajstić information content (AvgIpc) is 2.26. The highest BCUT2D eigenvalue weighted by Crippen LogP contribution is 2.15. The van der Waals surface area contributed by atoms with Crippen LogP contribution in [0.15, 0.2) is 36.4 Å². The van der Waals surface area contributed by atoms with Gasteiger partial charge in [-0.3, -0.25) is 0 Å². The Kier molecular flexibility index (Phi) is 2.83. The standard InChI is InChI=1S/C14H15/c1-2-3-6-12-9-10-13-7-4-5-8-14(13)11-12/h4-5,7-10H,2-3,6H2,1H3. The molecule has 2 aromatic rings. The molecular formula is C14H15. The molecule has 0 unspecified atom stereocenters. The minimum absolute atomic E-state index is 1.15. The maximum absolute atomic E-state index is 3.46. The van der Waals surface area contributed by atoms with E-state index in [2.05, 4.69) is 49.4 Å². The SMILES string of the molecule is CCCCc1[c]c2ccccc2cc1. The third-order valence-electron chi connectivity index (χ3n) is 2.52. The number of unbranched alkanes of at least 4 members (excludes halogenated alkanes) is 1. The lowest BCUT2D eigenvalue weighted by Crippen LogP contribution is -1.84. The Balaban J connectivity index is 2.32. The van der Waals surface area contributed by atoms with Crippen molar-refractivity contribution in [1.82, 2.24) is 0 Å². The summed E-state index contributed by atoms with van der Waals surface area (Å²) in [6.07, 6.45) is 3.66. The summed E-state index contributed by atoms with van der Waals surface area (Å²) in [4.78, 5) is 0. The van der Waals surface area contributed by atoms with Crippen molar-refractivity contribution in [2.24, 2.45) is 0 Å². The summed E-state index contributed by atoms with van der Waals surface area (Å²) in [6.45, 7) is 2.22. The molecule has 0 heterocycles. The predicted molar refractivity (Wildman–Crippen MR) is 61.4 cm³/mol. The molecule has 71 valence electrons. The molecule has 0 aliphatic carbocycles. The zero-order chi connectivity index (χ0) is 9.80. The van der Waals surface area contributed by atoms with Gasteiger partial charge in [0, 0.05) is 0 Å². The molecule has 0 N–H and O–H groups in total. The van der Waals surface area contributed by atoms with Gasteiger partial charge in [0.1, 0.15) is 0 Å². The molecule has 0 bridgehead atoms. The fourth-order valence-electron chi connectivity index (χ4n) is 1.67. The van der Waals surface area contributed by atoms with Crippen LogP contribution in [-0.2, 0) is 6.42 Å². The molecule has 0 spiro atoms. The minimum Gasteiger partial charge on any atom is -0.0654 e. The Morgan fingerprint density at radius 1 is 1.07 bits per heavy atom. The van der Waals surface area contributed by atoms with E-state index in [4.69, 9.17) is 0 Å². The van der Waals surface area contributed by atoms with Gasteiger partial charge in [-0.15, -0.1) is 0 Å². The second kappa shape index (κ2) is 4.28. The summed E-state index contributed by atoms with van der Waals surface area (Å²) in [5.74, 6) is 0. The zero-order valence-corrected chi connectivity index (χ0v) is 8.59. The van der Waals surface area contributed by atoms with Crippen LogP contribution in [0, 0.1) is 6.07 Å². The first-order chi connectivity index (χ1) is 6.90. The maximum Gasteiger partial charge on any atom is -0.00643 e. The quantitative estimate of drug-likeness (QED) is 0.675. The van der Waals surface area contributed by atoms with Crippen LogP contribution in [0.25, 0.3) is 10.8 Å². The summed E-state index contributed by atoms with van der Waals surface area (Å²) < 4.78 is 0. The highest BCUT2D eigenvalue weighted by Gasteiger charge is 1.95. The highest BCUT2D eigenvalue weighted by atomic mass is 14.0. The molecule has 1 radical (unpaired) electrons. The third-order valence-corrected chi connectivity index (χ3v) is 2.52. The zero-order valence-electron chi connectivity index (χ0n) is 8.59. The molecule has 0 fully saturated rings. The van der Waals surface area contributed by atoms with Crippen LogP contribution in [-0.4, -0.2) is 0 Å². The second-order valence-corrected chi connectivity index (χ2v) is 3.67. The largest absolute Gasteiger partial charge is 0.0654 e. The van der Waals surface area contributed by atoms with E-state index in [-0.39, 0.29) is 0 Å². The first kappa shape index (κ1) is 9.26. The van der Waals surface area contributed by atoms with Gasteiger partial charge < -0.3 is 0 Å². The smallest absolute Gasteiger partial charge is 0.00643 e. The van der Waals surface area contributed by atoms with E-state index in [1.54, 1.807) is 0 Å². The van der Waals surface area contributed by atoms with Gasteiger partial charge >= 0.3 is 0 Å². The molecule has 0 aliphatic heterocycles. The molecule has 0 aliphatic rings. The van der Waals surface area contributed by atoms with E-state index in [0.29, 0.717) is 0 Å². The summed E-state index contributed by atoms with van der Waals surface area (Å²) in [5, 5.41) is 2.52. The van der Waals surface area contributed by atoms with Crippen molar-refractivity contribution in [3.8, 4) is 0 Å². The number of rotatable bonds is 3. The van der Waals surface area contributed by atoms with Gasteiger partial charge in [0.05, 0.1) is 0 Å². The van der Waals surface area contributed by atoms with E-state index in [1.807, 2.05) is 0 Å². The summed E-state index contributed by atoms with van der Waals surface area (Å²) in [5.41, 5.74) is 1.34. The van der Waals surface area contributed by atoms with Crippen LogP contribution in [0.3, 0.4) is 0 Å². The highest BCUT2D eigenvalue weighted by molar-refractivity contribution is 5.82. The van der Waals surface area contributed by atoms with Crippen LogP contribution >= 0.6 is 0 Å². The van der Waals surface area contributed by atoms with Crippen molar-refractivity contribution >= 4 is 10.8 Å². The van der Waals surface area contributed by atoms with Crippen molar-refractivity contribution in [3.05, 3.63) is 48.0 Å². The van der Waals surface area contributed by atoms with E-state index >= 15 is 0 Å². The first-order valence-electron chi connectivity index (χ1n) is 5.30. The Bertz CT molecular complexity index is 415. The first-order valence-corrected chi connectivity index (χ1v) is 5.30. The Morgan fingerprint density at radius 2 is 1.93 bits per heavy atom. The van der Waals surface area contributed by atoms with Crippen molar-refractivity contribution < 1.29 is 0 Å². The topological polar surface area (TPSA) is 0 Å². The van der Waals surface area contributed by atoms with Gasteiger partial charge in [-0.05, 0) is 35.2 Å². The second-order valence-electron chi connectivity index (χ2n) is 3.67. The van der Waals surface area contributed by atoms with E-state index in [1.165, 1.54) is 29.2 Å². The van der Waals surface area contributed by atoms with Crippen LogP contribution in [0.4, 0.5) is 0 Å². The summed E-state index contributed by atoms with van der Waals surface area (Å²) in [7, 11) is 0. The lowest BCUT2D eigenvalue weighted by atomic mass is 10.0.